The first kappa shape index (κ1) is 12.5. The Kier molecular flexibility index (Phi) is 3.88. The minimum absolute atomic E-state index is 0.255. The van der Waals surface area contributed by atoms with Gasteiger partial charge in [0.05, 0.1) is 11.9 Å². The molecule has 0 bridgehead atoms. The number of amides is 1. The van der Waals surface area contributed by atoms with Gasteiger partial charge in [0, 0.05) is 23.3 Å². The van der Waals surface area contributed by atoms with Crippen molar-refractivity contribution >= 4 is 28.1 Å². The molecule has 0 atom stereocenters. The SMILES string of the molecule is Cn1nccc1C=NNC(=O)c1cccc(Br)c1. The van der Waals surface area contributed by atoms with Gasteiger partial charge in [-0.1, -0.05) is 22.0 Å². The summed E-state index contributed by atoms with van der Waals surface area (Å²) in [6.45, 7) is 0. The Morgan fingerprint density at radius 1 is 1.50 bits per heavy atom. The number of aryl methyl sites for hydroxylation is 1. The van der Waals surface area contributed by atoms with Crippen LogP contribution in [0.4, 0.5) is 0 Å². The van der Waals surface area contributed by atoms with E-state index < -0.39 is 0 Å². The fourth-order valence-corrected chi connectivity index (χ4v) is 1.76. The highest BCUT2D eigenvalue weighted by Crippen LogP contribution is 2.11. The number of carbonyl (C=O) groups excluding carboxylic acids is 1. The third-order valence-corrected chi connectivity index (χ3v) is 2.80. The second-order valence-corrected chi connectivity index (χ2v) is 4.50. The summed E-state index contributed by atoms with van der Waals surface area (Å²) in [5, 5.41) is 7.87. The Morgan fingerprint density at radius 2 is 2.33 bits per heavy atom. The number of nitrogens with zero attached hydrogens (tertiary/aromatic N) is 3. The maximum Gasteiger partial charge on any atom is 0.271 e. The number of hydrogen-bond acceptors (Lipinski definition) is 3. The molecule has 0 aliphatic carbocycles. The van der Waals surface area contributed by atoms with E-state index in [4.69, 9.17) is 0 Å². The zero-order chi connectivity index (χ0) is 13.0. The summed E-state index contributed by atoms with van der Waals surface area (Å²) in [6, 6.07) is 8.91. The smallest absolute Gasteiger partial charge is 0.267 e. The number of hydrazone groups is 1. The first-order valence-electron chi connectivity index (χ1n) is 5.24. The second kappa shape index (κ2) is 5.59. The topological polar surface area (TPSA) is 59.3 Å². The maximum absolute atomic E-state index is 11.7. The van der Waals surface area contributed by atoms with Crippen molar-refractivity contribution in [3.63, 3.8) is 0 Å². The number of nitrogens with one attached hydrogen (secondary N) is 1. The summed E-state index contributed by atoms with van der Waals surface area (Å²) in [6.07, 6.45) is 3.21. The van der Waals surface area contributed by atoms with Gasteiger partial charge < -0.3 is 0 Å². The quantitative estimate of drug-likeness (QED) is 0.696. The molecule has 2 rings (SSSR count). The van der Waals surface area contributed by atoms with E-state index >= 15 is 0 Å². The Hall–Kier alpha value is -1.95. The number of benzene rings is 1. The van der Waals surface area contributed by atoms with Gasteiger partial charge in [0.2, 0.25) is 0 Å². The number of aromatic nitrogens is 2. The van der Waals surface area contributed by atoms with Crippen molar-refractivity contribution in [1.29, 1.82) is 0 Å². The van der Waals surface area contributed by atoms with Crippen LogP contribution in [0.15, 0.2) is 46.1 Å². The minimum atomic E-state index is -0.255. The first-order valence-corrected chi connectivity index (χ1v) is 6.03. The zero-order valence-corrected chi connectivity index (χ0v) is 11.3. The molecule has 0 radical (unpaired) electrons. The summed E-state index contributed by atoms with van der Waals surface area (Å²) < 4.78 is 2.51. The summed E-state index contributed by atoms with van der Waals surface area (Å²) >= 11 is 3.31. The molecule has 6 heteroatoms. The largest absolute Gasteiger partial charge is 0.271 e. The van der Waals surface area contributed by atoms with Gasteiger partial charge in [0.1, 0.15) is 0 Å². The normalized spacial score (nSPS) is 10.8. The van der Waals surface area contributed by atoms with Crippen LogP contribution in [0.2, 0.25) is 0 Å². The molecule has 0 aliphatic heterocycles. The number of carbonyl (C=O) groups is 1. The van der Waals surface area contributed by atoms with Gasteiger partial charge in [-0.15, -0.1) is 0 Å². The lowest BCUT2D eigenvalue weighted by molar-refractivity contribution is 0.0955. The molecule has 0 fully saturated rings. The van der Waals surface area contributed by atoms with Crippen LogP contribution >= 0.6 is 15.9 Å². The third-order valence-electron chi connectivity index (χ3n) is 2.31. The molecule has 1 aromatic carbocycles. The molecule has 18 heavy (non-hydrogen) atoms. The molecule has 92 valence electrons. The van der Waals surface area contributed by atoms with Crippen molar-refractivity contribution in [2.75, 3.05) is 0 Å². The van der Waals surface area contributed by atoms with Gasteiger partial charge in [0.15, 0.2) is 0 Å². The van der Waals surface area contributed by atoms with Crippen LogP contribution in [0, 0.1) is 0 Å². The van der Waals surface area contributed by atoms with E-state index in [1.165, 1.54) is 0 Å². The predicted molar refractivity (Wildman–Crippen MR) is 72.4 cm³/mol. The second-order valence-electron chi connectivity index (χ2n) is 3.59. The molecule has 2 aromatic rings. The summed E-state index contributed by atoms with van der Waals surface area (Å²) in [4.78, 5) is 11.7. The molecule has 1 aromatic heterocycles. The standard InChI is InChI=1S/C12H11BrN4O/c1-17-11(5-6-15-17)8-14-16-12(18)9-3-2-4-10(13)7-9/h2-8H,1H3,(H,16,18). The fraction of sp³-hybridized carbons (Fsp3) is 0.0833. The fourth-order valence-electron chi connectivity index (χ4n) is 1.36. The van der Waals surface area contributed by atoms with E-state index in [1.807, 2.05) is 6.07 Å². The average molecular weight is 307 g/mol. The van der Waals surface area contributed by atoms with Crippen LogP contribution < -0.4 is 5.43 Å². The lowest BCUT2D eigenvalue weighted by Gasteiger charge is -2.00. The first-order chi connectivity index (χ1) is 8.66. The monoisotopic (exact) mass is 306 g/mol. The van der Waals surface area contributed by atoms with Crippen molar-refractivity contribution in [2.45, 2.75) is 0 Å². The number of hydrogen-bond donors (Lipinski definition) is 1. The average Bonchev–Trinajstić information content (AvgIpc) is 2.75. The van der Waals surface area contributed by atoms with E-state index in [9.17, 15) is 4.79 Å². The Bertz CT molecular complexity index is 591. The van der Waals surface area contributed by atoms with Crippen molar-refractivity contribution in [2.24, 2.45) is 12.1 Å². The van der Waals surface area contributed by atoms with Crippen molar-refractivity contribution in [3.05, 3.63) is 52.3 Å². The molecule has 0 saturated heterocycles. The summed E-state index contributed by atoms with van der Waals surface area (Å²) in [5.74, 6) is -0.255. The molecule has 1 N–H and O–H groups in total. The van der Waals surface area contributed by atoms with E-state index in [0.717, 1.165) is 10.2 Å². The lowest BCUT2D eigenvalue weighted by atomic mass is 10.2. The van der Waals surface area contributed by atoms with Gasteiger partial charge >= 0.3 is 0 Å². The molecule has 5 nitrogen and oxygen atoms in total. The molecule has 1 amide bonds. The van der Waals surface area contributed by atoms with Gasteiger partial charge in [-0.25, -0.2) is 5.43 Å². The van der Waals surface area contributed by atoms with E-state index in [1.54, 1.807) is 48.4 Å². The lowest BCUT2D eigenvalue weighted by Crippen LogP contribution is -2.17. The molecule has 0 aliphatic rings. The molecule has 1 heterocycles. The van der Waals surface area contributed by atoms with Crippen molar-refractivity contribution in [3.8, 4) is 0 Å². The summed E-state index contributed by atoms with van der Waals surface area (Å²) in [7, 11) is 1.80. The molecule has 0 unspecified atom stereocenters. The minimum Gasteiger partial charge on any atom is -0.267 e. The highest BCUT2D eigenvalue weighted by molar-refractivity contribution is 9.10. The van der Waals surface area contributed by atoms with Crippen LogP contribution in [-0.2, 0) is 7.05 Å². The van der Waals surface area contributed by atoms with E-state index in [0.29, 0.717) is 5.56 Å². The molecule has 0 saturated carbocycles. The van der Waals surface area contributed by atoms with Gasteiger partial charge in [0.25, 0.3) is 5.91 Å². The van der Waals surface area contributed by atoms with Crippen molar-refractivity contribution < 1.29 is 4.79 Å². The Balaban J connectivity index is 2.01. The van der Waals surface area contributed by atoms with E-state index in [2.05, 4.69) is 31.6 Å². The molecular formula is C12H11BrN4O. The molecule has 0 spiro atoms. The van der Waals surface area contributed by atoms with Crippen LogP contribution in [-0.4, -0.2) is 21.9 Å². The van der Waals surface area contributed by atoms with E-state index in [-0.39, 0.29) is 5.91 Å². The van der Waals surface area contributed by atoms with Crippen LogP contribution in [0.3, 0.4) is 0 Å². The van der Waals surface area contributed by atoms with Crippen LogP contribution in [0.25, 0.3) is 0 Å². The van der Waals surface area contributed by atoms with Crippen LogP contribution in [0.1, 0.15) is 16.1 Å². The van der Waals surface area contributed by atoms with Gasteiger partial charge in [-0.05, 0) is 24.3 Å². The summed E-state index contributed by atoms with van der Waals surface area (Å²) in [5.41, 5.74) is 3.82. The van der Waals surface area contributed by atoms with Crippen molar-refractivity contribution in [1.82, 2.24) is 15.2 Å². The zero-order valence-electron chi connectivity index (χ0n) is 9.67. The highest BCUT2D eigenvalue weighted by Gasteiger charge is 2.03. The molecular weight excluding hydrogens is 296 g/mol. The maximum atomic E-state index is 11.7. The Labute approximate surface area is 113 Å². The van der Waals surface area contributed by atoms with Crippen LogP contribution in [0.5, 0.6) is 0 Å². The predicted octanol–water partition coefficient (Wildman–Crippen LogP) is 1.95. The highest BCUT2D eigenvalue weighted by atomic mass is 79.9. The van der Waals surface area contributed by atoms with Gasteiger partial charge in [-0.3, -0.25) is 9.48 Å². The third kappa shape index (κ3) is 3.04. The number of halogens is 1. The van der Waals surface area contributed by atoms with Gasteiger partial charge in [-0.2, -0.15) is 10.2 Å². The Morgan fingerprint density at radius 3 is 3.00 bits per heavy atom. The number of rotatable bonds is 3.